The lowest BCUT2D eigenvalue weighted by Gasteiger charge is -2.18. The van der Waals surface area contributed by atoms with E-state index in [0.717, 1.165) is 36.3 Å². The van der Waals surface area contributed by atoms with Crippen molar-refractivity contribution in [3.8, 4) is 0 Å². The fourth-order valence-electron chi connectivity index (χ4n) is 3.12. The van der Waals surface area contributed by atoms with E-state index in [1.165, 1.54) is 17.2 Å². The lowest BCUT2D eigenvalue weighted by atomic mass is 10.0. The summed E-state index contributed by atoms with van der Waals surface area (Å²) < 4.78 is 13.9. The molecule has 0 unspecified atom stereocenters. The summed E-state index contributed by atoms with van der Waals surface area (Å²) in [5, 5.41) is 7.39. The van der Waals surface area contributed by atoms with Crippen LogP contribution in [0.2, 0.25) is 0 Å². The van der Waals surface area contributed by atoms with Crippen LogP contribution in [0.1, 0.15) is 16.7 Å². The van der Waals surface area contributed by atoms with Crippen LogP contribution in [0.15, 0.2) is 48.7 Å². The molecule has 4 rings (SSSR count). The molecule has 0 atom stereocenters. The predicted octanol–water partition coefficient (Wildman–Crippen LogP) is 3.63. The van der Waals surface area contributed by atoms with Gasteiger partial charge in [0.2, 0.25) is 0 Å². The van der Waals surface area contributed by atoms with E-state index in [-0.39, 0.29) is 5.82 Å². The number of hydrogen-bond donors (Lipinski definition) is 2. The van der Waals surface area contributed by atoms with E-state index >= 15 is 0 Å². The molecule has 0 amide bonds. The molecule has 0 spiro atoms. The number of aromatic nitrogens is 1. The third-order valence-electron chi connectivity index (χ3n) is 4.38. The van der Waals surface area contributed by atoms with Gasteiger partial charge in [-0.3, -0.25) is 4.98 Å². The molecule has 0 saturated carbocycles. The summed E-state index contributed by atoms with van der Waals surface area (Å²) in [6.45, 7) is 2.61. The third-order valence-corrected chi connectivity index (χ3v) is 4.38. The first-order valence-electron chi connectivity index (χ1n) is 7.90. The zero-order chi connectivity index (χ0) is 15.6. The lowest BCUT2D eigenvalue weighted by Crippen LogP contribution is -2.23. The summed E-state index contributed by atoms with van der Waals surface area (Å²) in [4.78, 5) is 4.34. The highest BCUT2D eigenvalue weighted by Gasteiger charge is 2.10. The number of benzene rings is 2. The standard InChI is InChI=1S/C19H18FN3/c20-18-6-4-15(19-17(18)2-1-8-22-19)12-23-16-5-3-14-11-21-9-7-13(14)10-16/h1-6,8,10,21,23H,7,9,11-12H2. The number of pyridine rings is 1. The first-order valence-corrected chi connectivity index (χ1v) is 7.90. The van der Waals surface area contributed by atoms with E-state index in [1.54, 1.807) is 24.4 Å². The molecule has 0 saturated heterocycles. The Morgan fingerprint density at radius 2 is 2.09 bits per heavy atom. The number of rotatable bonds is 3. The highest BCUT2D eigenvalue weighted by Crippen LogP contribution is 2.22. The summed E-state index contributed by atoms with van der Waals surface area (Å²) in [5.41, 5.74) is 5.59. The van der Waals surface area contributed by atoms with E-state index in [4.69, 9.17) is 0 Å². The second-order valence-electron chi connectivity index (χ2n) is 5.87. The lowest BCUT2D eigenvalue weighted by molar-refractivity contribution is 0.639. The number of fused-ring (bicyclic) bond motifs is 2. The van der Waals surface area contributed by atoms with Crippen molar-refractivity contribution in [1.29, 1.82) is 0 Å². The van der Waals surface area contributed by atoms with Crippen molar-refractivity contribution in [2.75, 3.05) is 11.9 Å². The Kier molecular flexibility index (Phi) is 3.67. The van der Waals surface area contributed by atoms with E-state index in [2.05, 4.69) is 33.8 Å². The molecule has 116 valence electrons. The van der Waals surface area contributed by atoms with Crippen LogP contribution >= 0.6 is 0 Å². The fourth-order valence-corrected chi connectivity index (χ4v) is 3.12. The largest absolute Gasteiger partial charge is 0.381 e. The second-order valence-corrected chi connectivity index (χ2v) is 5.87. The maximum Gasteiger partial charge on any atom is 0.132 e. The van der Waals surface area contributed by atoms with Crippen LogP contribution in [0, 0.1) is 5.82 Å². The molecule has 2 heterocycles. The zero-order valence-electron chi connectivity index (χ0n) is 12.8. The SMILES string of the molecule is Fc1ccc(CNc2ccc3c(c2)CCNC3)c2ncccc12. The van der Waals surface area contributed by atoms with Crippen LogP contribution in [0.4, 0.5) is 10.1 Å². The van der Waals surface area contributed by atoms with Gasteiger partial charge in [-0.1, -0.05) is 12.1 Å². The Morgan fingerprint density at radius 3 is 3.04 bits per heavy atom. The molecule has 3 aromatic rings. The van der Waals surface area contributed by atoms with Gasteiger partial charge in [0.25, 0.3) is 0 Å². The van der Waals surface area contributed by atoms with Crippen molar-refractivity contribution in [3.05, 3.63) is 71.2 Å². The molecular weight excluding hydrogens is 289 g/mol. The van der Waals surface area contributed by atoms with Gasteiger partial charge in [0, 0.05) is 30.4 Å². The average Bonchev–Trinajstić information content (AvgIpc) is 2.61. The van der Waals surface area contributed by atoms with Crippen LogP contribution in [0.3, 0.4) is 0 Å². The maximum absolute atomic E-state index is 13.9. The van der Waals surface area contributed by atoms with E-state index in [0.29, 0.717) is 11.9 Å². The van der Waals surface area contributed by atoms with Crippen molar-refractivity contribution >= 4 is 16.6 Å². The van der Waals surface area contributed by atoms with Crippen molar-refractivity contribution in [1.82, 2.24) is 10.3 Å². The highest BCUT2D eigenvalue weighted by atomic mass is 19.1. The second kappa shape index (κ2) is 5.97. The summed E-state index contributed by atoms with van der Waals surface area (Å²) in [6, 6.07) is 13.3. The molecule has 2 N–H and O–H groups in total. The molecule has 0 fully saturated rings. The van der Waals surface area contributed by atoms with Gasteiger partial charge in [0.15, 0.2) is 0 Å². The van der Waals surface area contributed by atoms with Crippen LogP contribution in [0.5, 0.6) is 0 Å². The van der Waals surface area contributed by atoms with Crippen LogP contribution < -0.4 is 10.6 Å². The molecule has 2 aromatic carbocycles. The minimum atomic E-state index is -0.224. The van der Waals surface area contributed by atoms with Crippen molar-refractivity contribution < 1.29 is 4.39 Å². The van der Waals surface area contributed by atoms with Gasteiger partial charge in [0.05, 0.1) is 5.52 Å². The molecule has 0 radical (unpaired) electrons. The molecular formula is C19H18FN3. The smallest absolute Gasteiger partial charge is 0.132 e. The van der Waals surface area contributed by atoms with Gasteiger partial charge in [0.1, 0.15) is 5.82 Å². The molecule has 1 aromatic heterocycles. The molecule has 23 heavy (non-hydrogen) atoms. The molecule has 0 bridgehead atoms. The van der Waals surface area contributed by atoms with Crippen molar-refractivity contribution in [2.24, 2.45) is 0 Å². The summed E-state index contributed by atoms with van der Waals surface area (Å²) in [7, 11) is 0. The number of anilines is 1. The summed E-state index contributed by atoms with van der Waals surface area (Å²) in [6.07, 6.45) is 2.77. The van der Waals surface area contributed by atoms with Gasteiger partial charge >= 0.3 is 0 Å². The first-order chi connectivity index (χ1) is 11.3. The fraction of sp³-hybridized carbons (Fsp3) is 0.211. The Labute approximate surface area is 134 Å². The topological polar surface area (TPSA) is 37.0 Å². The Bertz CT molecular complexity index is 860. The molecule has 1 aliphatic heterocycles. The minimum absolute atomic E-state index is 0.224. The minimum Gasteiger partial charge on any atom is -0.381 e. The molecule has 1 aliphatic rings. The van der Waals surface area contributed by atoms with Gasteiger partial charge < -0.3 is 10.6 Å². The Balaban J connectivity index is 1.59. The normalized spacial score (nSPS) is 13.8. The molecule has 3 nitrogen and oxygen atoms in total. The number of hydrogen-bond acceptors (Lipinski definition) is 3. The Morgan fingerprint density at radius 1 is 1.13 bits per heavy atom. The van der Waals surface area contributed by atoms with Gasteiger partial charge in [-0.15, -0.1) is 0 Å². The first kappa shape index (κ1) is 14.2. The quantitative estimate of drug-likeness (QED) is 0.776. The predicted molar refractivity (Wildman–Crippen MR) is 90.9 cm³/mol. The molecule has 4 heteroatoms. The third kappa shape index (κ3) is 2.78. The van der Waals surface area contributed by atoms with E-state index in [1.807, 2.05) is 0 Å². The molecule has 0 aliphatic carbocycles. The van der Waals surface area contributed by atoms with Crippen LogP contribution in [-0.4, -0.2) is 11.5 Å². The average molecular weight is 307 g/mol. The summed E-state index contributed by atoms with van der Waals surface area (Å²) in [5.74, 6) is -0.224. The van der Waals surface area contributed by atoms with Gasteiger partial charge in [-0.05, 0) is 60.0 Å². The number of nitrogens with one attached hydrogen (secondary N) is 2. The highest BCUT2D eigenvalue weighted by molar-refractivity contribution is 5.82. The van der Waals surface area contributed by atoms with Crippen molar-refractivity contribution in [3.63, 3.8) is 0 Å². The number of halogens is 1. The maximum atomic E-state index is 13.9. The van der Waals surface area contributed by atoms with Gasteiger partial charge in [-0.2, -0.15) is 0 Å². The van der Waals surface area contributed by atoms with Crippen LogP contribution in [0.25, 0.3) is 10.9 Å². The Hall–Kier alpha value is -2.46. The van der Waals surface area contributed by atoms with E-state index < -0.39 is 0 Å². The monoisotopic (exact) mass is 307 g/mol. The van der Waals surface area contributed by atoms with Crippen LogP contribution in [-0.2, 0) is 19.5 Å². The van der Waals surface area contributed by atoms with Crippen molar-refractivity contribution in [2.45, 2.75) is 19.5 Å². The van der Waals surface area contributed by atoms with E-state index in [9.17, 15) is 4.39 Å². The van der Waals surface area contributed by atoms with Gasteiger partial charge in [-0.25, -0.2) is 4.39 Å². The number of nitrogens with zero attached hydrogens (tertiary/aromatic N) is 1. The summed E-state index contributed by atoms with van der Waals surface area (Å²) >= 11 is 0. The zero-order valence-corrected chi connectivity index (χ0v) is 12.8.